The zero-order valence-corrected chi connectivity index (χ0v) is 13.3. The summed E-state index contributed by atoms with van der Waals surface area (Å²) in [6.45, 7) is -0.250. The summed E-state index contributed by atoms with van der Waals surface area (Å²) in [6, 6.07) is 0.555. The Bertz CT molecular complexity index is 92.6. The van der Waals surface area contributed by atoms with Gasteiger partial charge in [-0.3, -0.25) is 4.79 Å². The fraction of sp³-hybridized carbons (Fsp3) is 0.857. The van der Waals surface area contributed by atoms with Crippen LogP contribution in [0.1, 0.15) is 25.7 Å². The van der Waals surface area contributed by atoms with E-state index in [2.05, 4.69) is 0 Å². The topological polar surface area (TPSA) is 63.3 Å². The van der Waals surface area contributed by atoms with Crippen LogP contribution in [0.25, 0.3) is 0 Å². The molecule has 0 aromatic heterocycles. The van der Waals surface area contributed by atoms with Crippen molar-refractivity contribution in [1.82, 2.24) is 0 Å². The summed E-state index contributed by atoms with van der Waals surface area (Å²) in [5.74, 6) is 0. The number of hydrogen-bond donors (Lipinski definition) is 2. The fourth-order valence-electron chi connectivity index (χ4n) is 1.29. The van der Waals surface area contributed by atoms with Gasteiger partial charge in [0.1, 0.15) is 0 Å². The molecule has 1 aliphatic carbocycles. The molecular weight excluding hydrogens is 263 g/mol. The van der Waals surface area contributed by atoms with E-state index in [4.69, 9.17) is 15.6 Å². The van der Waals surface area contributed by atoms with Gasteiger partial charge >= 0.3 is 101 Å². The van der Waals surface area contributed by atoms with Gasteiger partial charge in [-0.1, -0.05) is 0 Å². The molecule has 0 spiro atoms. The van der Waals surface area contributed by atoms with E-state index in [1.807, 2.05) is 0 Å². The van der Waals surface area contributed by atoms with E-state index in [1.165, 1.54) is 25.7 Å². The quantitative estimate of drug-likeness (QED) is 0.635. The summed E-state index contributed by atoms with van der Waals surface area (Å²) in [6.07, 6.45) is 5.51. The minimum atomic E-state index is -0.250. The summed E-state index contributed by atoms with van der Waals surface area (Å²) in [5.41, 5.74) is 5.72. The van der Waals surface area contributed by atoms with E-state index in [1.54, 1.807) is 0 Å². The molecular formula is C7H14CsNO2. The first-order valence-corrected chi connectivity index (χ1v) is 7.66. The minimum Gasteiger partial charge on any atom is -0.483 e. The molecule has 11 heavy (non-hydrogen) atoms. The number of carbonyl (C=O) groups is 1. The molecule has 1 fully saturated rings. The maximum absolute atomic E-state index is 8.36. The van der Waals surface area contributed by atoms with Crippen LogP contribution in [-0.4, -0.2) is 83.5 Å². The van der Waals surface area contributed by atoms with Crippen LogP contribution in [-0.2, 0) is 4.79 Å². The van der Waals surface area contributed by atoms with Gasteiger partial charge in [0.05, 0.1) is 0 Å². The Morgan fingerprint density at radius 2 is 1.73 bits per heavy atom. The van der Waals surface area contributed by atoms with Crippen molar-refractivity contribution in [3.8, 4) is 0 Å². The van der Waals surface area contributed by atoms with Crippen LogP contribution >= 0.6 is 0 Å². The van der Waals surface area contributed by atoms with Crippen LogP contribution in [0.2, 0.25) is -2.66 Å². The molecule has 1 aliphatic rings. The van der Waals surface area contributed by atoms with Crippen molar-refractivity contribution in [2.24, 2.45) is 5.73 Å². The molecule has 60 valence electrons. The monoisotopic (exact) mass is 277 g/mol. The number of rotatable bonds is 0. The second kappa shape index (κ2) is 8.10. The Labute approximate surface area is 114 Å². The molecule has 1 rings (SSSR count). The molecule has 4 heteroatoms. The molecule has 0 saturated heterocycles. The summed E-state index contributed by atoms with van der Waals surface area (Å²) >= 11 is 0.831. The smallest absolute Gasteiger partial charge is 0.290 e. The molecule has 0 unspecified atom stereocenters. The van der Waals surface area contributed by atoms with Gasteiger partial charge in [0.15, 0.2) is 0 Å². The van der Waals surface area contributed by atoms with E-state index in [-0.39, 0.29) is 6.47 Å². The molecule has 1 saturated carbocycles. The van der Waals surface area contributed by atoms with Crippen molar-refractivity contribution in [3.63, 3.8) is 0 Å². The van der Waals surface area contributed by atoms with Crippen LogP contribution in [0.15, 0.2) is 0 Å². The Morgan fingerprint density at radius 3 is 2.00 bits per heavy atom. The van der Waals surface area contributed by atoms with E-state index < -0.39 is 0 Å². The summed E-state index contributed by atoms with van der Waals surface area (Å²) in [5, 5.41) is 6.89. The van der Waals surface area contributed by atoms with E-state index >= 15 is 0 Å². The van der Waals surface area contributed by atoms with Crippen molar-refractivity contribution in [2.45, 2.75) is 29.1 Å². The van der Waals surface area contributed by atoms with Gasteiger partial charge in [-0.2, -0.15) is 0 Å². The second-order valence-electron chi connectivity index (χ2n) is 3.13. The molecule has 0 bridgehead atoms. The summed E-state index contributed by atoms with van der Waals surface area (Å²) < 4.78 is 1.16. The molecule has 0 aromatic rings. The van der Waals surface area contributed by atoms with Crippen molar-refractivity contribution in [1.29, 1.82) is 0 Å². The Balaban J connectivity index is 0.000000292. The first-order valence-electron chi connectivity index (χ1n) is 4.04. The van der Waals surface area contributed by atoms with Gasteiger partial charge in [-0.15, -0.1) is 0 Å². The Kier molecular flexibility index (Phi) is 9.19. The predicted molar refractivity (Wildman–Crippen MR) is 44.6 cm³/mol. The van der Waals surface area contributed by atoms with Crippen LogP contribution < -0.4 is 5.73 Å². The Morgan fingerprint density at radius 1 is 1.36 bits per heavy atom. The zero-order chi connectivity index (χ0) is 8.69. The first kappa shape index (κ1) is 12.5. The predicted octanol–water partition coefficient (Wildman–Crippen LogP) is 0.545. The van der Waals surface area contributed by atoms with Crippen molar-refractivity contribution < 1.29 is 9.90 Å². The van der Waals surface area contributed by atoms with Gasteiger partial charge in [-0.05, 0) is 0 Å². The molecule has 0 radical (unpaired) electrons. The van der Waals surface area contributed by atoms with Crippen LogP contribution in [0.5, 0.6) is 0 Å². The Hall–Kier alpha value is 1.48. The number of hydrogen-bond acceptors (Lipinski definition) is 2. The summed E-state index contributed by atoms with van der Waals surface area (Å²) in [4.78, 5) is 8.36. The van der Waals surface area contributed by atoms with Crippen LogP contribution in [0, 0.1) is 0 Å². The third-order valence-corrected chi connectivity index (χ3v) is 5.69. The zero-order valence-electron chi connectivity index (χ0n) is 6.99. The van der Waals surface area contributed by atoms with Gasteiger partial charge in [0, 0.05) is 0 Å². The van der Waals surface area contributed by atoms with Gasteiger partial charge in [0.25, 0.3) is 6.47 Å². The van der Waals surface area contributed by atoms with E-state index in [0.29, 0.717) is 6.04 Å². The second-order valence-corrected chi connectivity index (χ2v) is 8.25. The number of nitrogens with two attached hydrogens (primary N) is 1. The van der Waals surface area contributed by atoms with E-state index in [9.17, 15) is 0 Å². The molecule has 0 amide bonds. The maximum Gasteiger partial charge on any atom is 0.290 e. The number of carboxylic acid groups (broad SMARTS) is 1. The van der Waals surface area contributed by atoms with Crippen molar-refractivity contribution in [3.05, 3.63) is 0 Å². The minimum absolute atomic E-state index is 0.250. The van der Waals surface area contributed by atoms with Crippen LogP contribution in [0.3, 0.4) is 0 Å². The van der Waals surface area contributed by atoms with E-state index in [0.717, 1.165) is 63.3 Å². The molecule has 0 atom stereocenters. The molecule has 3 N–H and O–H groups in total. The van der Waals surface area contributed by atoms with Gasteiger partial charge in [-0.25, -0.2) is 0 Å². The van der Waals surface area contributed by atoms with Gasteiger partial charge in [0.2, 0.25) is 0 Å². The maximum atomic E-state index is 8.36. The molecule has 3 nitrogen and oxygen atoms in total. The van der Waals surface area contributed by atoms with Crippen molar-refractivity contribution >= 4 is 72.4 Å². The fourth-order valence-corrected chi connectivity index (χ4v) is 3.38. The van der Waals surface area contributed by atoms with Gasteiger partial charge < -0.3 is 5.11 Å². The average Bonchev–Trinajstić information content (AvgIpc) is 1.97. The third-order valence-electron chi connectivity index (χ3n) is 2.06. The largest absolute Gasteiger partial charge is 0.483 e. The third kappa shape index (κ3) is 7.83. The molecule has 0 aromatic carbocycles. The SMILES string of the molecule is NC1CC[CH]([Cs])CC1.O=CO. The standard InChI is InChI=1S/C6H12N.CH2O2.Cs/c7-6-4-2-1-3-5-6;2-1-3;/h1,6H,2-5,7H2;1H,(H,2,3);. The van der Waals surface area contributed by atoms with Crippen LogP contribution in [0.4, 0.5) is 0 Å². The first-order chi connectivity index (χ1) is 5.20. The molecule has 0 heterocycles. The normalized spacial score (nSPS) is 30.1. The molecule has 0 aliphatic heterocycles. The average molecular weight is 277 g/mol. The summed E-state index contributed by atoms with van der Waals surface area (Å²) in [7, 11) is 0. The van der Waals surface area contributed by atoms with Crippen molar-refractivity contribution in [2.75, 3.05) is 0 Å².